The Morgan fingerprint density at radius 3 is 2.60 bits per heavy atom. The number of sulfonamides is 1. The molecule has 25 heavy (non-hydrogen) atoms. The highest BCUT2D eigenvalue weighted by molar-refractivity contribution is 7.94. The molecule has 1 fully saturated rings. The summed E-state index contributed by atoms with van der Waals surface area (Å²) in [4.78, 5) is 5.26. The largest absolute Gasteiger partial charge is 0.541 e. The fourth-order valence-electron chi connectivity index (χ4n) is 2.45. The predicted octanol–water partition coefficient (Wildman–Crippen LogP) is 2.91. The first kappa shape index (κ1) is 18.4. The summed E-state index contributed by atoms with van der Waals surface area (Å²) in [7, 11) is -3.87. The third kappa shape index (κ3) is 4.62. The zero-order chi connectivity index (χ0) is 17.9. The van der Waals surface area contributed by atoms with E-state index in [1.54, 1.807) is 6.20 Å². The number of ether oxygens (including phenoxy) is 1. The molecule has 134 valence electrons. The van der Waals surface area contributed by atoms with Gasteiger partial charge in [0.15, 0.2) is 0 Å². The molecule has 0 saturated carbocycles. The first-order valence-electron chi connectivity index (χ1n) is 7.68. The molecule has 0 unspecified atom stereocenters. The van der Waals surface area contributed by atoms with Crippen molar-refractivity contribution in [3.8, 4) is 0 Å². The SMILES string of the molecule is O=S(=O)([N-]Cc1ccc(N2CCOCC2)[nH+]c1)c1cc(Cl)ccc1Cl. The van der Waals surface area contributed by atoms with Crippen LogP contribution in [0.2, 0.25) is 10.0 Å². The van der Waals surface area contributed by atoms with Crippen molar-refractivity contribution in [1.29, 1.82) is 0 Å². The zero-order valence-corrected chi connectivity index (χ0v) is 15.6. The molecule has 0 bridgehead atoms. The number of nitrogens with zero attached hydrogens (tertiary/aromatic N) is 2. The van der Waals surface area contributed by atoms with Gasteiger partial charge >= 0.3 is 0 Å². The van der Waals surface area contributed by atoms with E-state index in [2.05, 4.69) is 14.6 Å². The lowest BCUT2D eigenvalue weighted by Crippen LogP contribution is -2.39. The van der Waals surface area contributed by atoms with E-state index >= 15 is 0 Å². The van der Waals surface area contributed by atoms with E-state index in [1.165, 1.54) is 18.2 Å². The summed E-state index contributed by atoms with van der Waals surface area (Å²) in [5.41, 5.74) is 0.749. The number of anilines is 1. The Balaban J connectivity index is 1.67. The highest BCUT2D eigenvalue weighted by Gasteiger charge is 2.18. The number of hydrogen-bond acceptors (Lipinski definition) is 4. The van der Waals surface area contributed by atoms with Crippen LogP contribution < -0.4 is 9.88 Å². The first-order valence-corrected chi connectivity index (χ1v) is 9.87. The van der Waals surface area contributed by atoms with Crippen molar-refractivity contribution in [2.45, 2.75) is 11.4 Å². The quantitative estimate of drug-likeness (QED) is 0.771. The Hall–Kier alpha value is -1.38. The third-order valence-corrected chi connectivity index (χ3v) is 5.84. The summed E-state index contributed by atoms with van der Waals surface area (Å²) in [6, 6.07) is 8.03. The molecule has 2 heterocycles. The van der Waals surface area contributed by atoms with Crippen molar-refractivity contribution < 1.29 is 18.1 Å². The molecule has 1 N–H and O–H groups in total. The van der Waals surface area contributed by atoms with Gasteiger partial charge in [0.25, 0.3) is 5.82 Å². The van der Waals surface area contributed by atoms with Gasteiger partial charge in [-0.3, -0.25) is 4.90 Å². The first-order chi connectivity index (χ1) is 12.0. The van der Waals surface area contributed by atoms with E-state index in [9.17, 15) is 8.42 Å². The van der Waals surface area contributed by atoms with Gasteiger partial charge in [-0.25, -0.2) is 13.4 Å². The molecule has 0 atom stereocenters. The number of benzene rings is 1. The van der Waals surface area contributed by atoms with Gasteiger partial charge in [0.1, 0.15) is 23.1 Å². The molecule has 1 aromatic carbocycles. The van der Waals surface area contributed by atoms with E-state index in [1.807, 2.05) is 12.1 Å². The molecular weight excluding hydrogens is 385 g/mol. The molecule has 9 heteroatoms. The number of morpholine rings is 1. The highest BCUT2D eigenvalue weighted by atomic mass is 35.5. The van der Waals surface area contributed by atoms with Crippen LogP contribution in [-0.2, 0) is 21.3 Å². The van der Waals surface area contributed by atoms with Gasteiger partial charge in [-0.15, -0.1) is 6.54 Å². The van der Waals surface area contributed by atoms with Crippen LogP contribution in [0.4, 0.5) is 5.82 Å². The number of aromatic nitrogens is 1. The number of halogens is 2. The van der Waals surface area contributed by atoms with Crippen LogP contribution in [0.25, 0.3) is 4.72 Å². The molecule has 1 aliphatic rings. The average Bonchev–Trinajstić information content (AvgIpc) is 2.63. The second kappa shape index (κ2) is 7.88. The molecule has 1 aliphatic heterocycles. The van der Waals surface area contributed by atoms with Crippen molar-refractivity contribution in [2.24, 2.45) is 0 Å². The maximum Gasteiger partial charge on any atom is 0.274 e. The molecule has 2 aromatic rings. The fourth-order valence-corrected chi connectivity index (χ4v) is 4.15. The van der Waals surface area contributed by atoms with Gasteiger partial charge < -0.3 is 9.46 Å². The summed E-state index contributed by atoms with van der Waals surface area (Å²) >= 11 is 11.8. The van der Waals surface area contributed by atoms with E-state index in [-0.39, 0.29) is 16.5 Å². The van der Waals surface area contributed by atoms with Crippen molar-refractivity contribution in [1.82, 2.24) is 0 Å². The topological polar surface area (TPSA) is 74.9 Å². The van der Waals surface area contributed by atoms with Crippen LogP contribution >= 0.6 is 23.2 Å². The Morgan fingerprint density at radius 2 is 1.92 bits per heavy atom. The van der Waals surface area contributed by atoms with Crippen LogP contribution in [0.5, 0.6) is 0 Å². The summed E-state index contributed by atoms with van der Waals surface area (Å²) in [6.45, 7) is 3.06. The monoisotopic (exact) mass is 401 g/mol. The number of aromatic amines is 1. The number of pyridine rings is 1. The van der Waals surface area contributed by atoms with Crippen molar-refractivity contribution in [2.75, 3.05) is 31.2 Å². The maximum absolute atomic E-state index is 12.4. The van der Waals surface area contributed by atoms with Crippen LogP contribution in [0.3, 0.4) is 0 Å². The fraction of sp³-hybridized carbons (Fsp3) is 0.312. The molecule has 3 rings (SSSR count). The van der Waals surface area contributed by atoms with Crippen LogP contribution in [-0.4, -0.2) is 34.7 Å². The maximum atomic E-state index is 12.4. The number of hydrogen-bond donors (Lipinski definition) is 0. The molecule has 0 aliphatic carbocycles. The molecule has 0 amide bonds. The number of H-pyrrole nitrogens is 1. The van der Waals surface area contributed by atoms with Gasteiger partial charge in [-0.1, -0.05) is 23.2 Å². The Morgan fingerprint density at radius 1 is 1.16 bits per heavy atom. The Bertz CT molecular complexity index is 838. The van der Waals surface area contributed by atoms with E-state index in [4.69, 9.17) is 27.9 Å². The number of nitrogens with one attached hydrogen (secondary N) is 1. The number of rotatable bonds is 5. The van der Waals surface area contributed by atoms with Gasteiger partial charge in [-0.05, 0) is 29.8 Å². The smallest absolute Gasteiger partial charge is 0.274 e. The van der Waals surface area contributed by atoms with Crippen LogP contribution in [0, 0.1) is 0 Å². The minimum atomic E-state index is -3.87. The van der Waals surface area contributed by atoms with Crippen molar-refractivity contribution >= 4 is 39.0 Å². The standard InChI is InChI=1S/C16H16Cl2N3O3S/c17-13-2-3-14(18)15(9-13)25(22,23)20-11-12-1-4-16(19-10-12)21-5-7-24-8-6-21/h1-4,9-10H,5-8,11H2/q-1/p+1. The van der Waals surface area contributed by atoms with Gasteiger partial charge in [0.05, 0.1) is 29.3 Å². The minimum Gasteiger partial charge on any atom is -0.541 e. The third-order valence-electron chi connectivity index (χ3n) is 3.80. The lowest BCUT2D eigenvalue weighted by Gasteiger charge is -2.22. The van der Waals surface area contributed by atoms with Gasteiger partial charge in [0, 0.05) is 11.1 Å². The Labute approximate surface area is 156 Å². The summed E-state index contributed by atoms with van der Waals surface area (Å²) < 4.78 is 33.8. The van der Waals surface area contributed by atoms with E-state index < -0.39 is 10.0 Å². The molecule has 1 saturated heterocycles. The molecular formula is C16H17Cl2N3O3S. The predicted molar refractivity (Wildman–Crippen MR) is 96.7 cm³/mol. The van der Waals surface area contributed by atoms with Crippen LogP contribution in [0.1, 0.15) is 5.56 Å². The van der Waals surface area contributed by atoms with Gasteiger partial charge in [-0.2, -0.15) is 0 Å². The second-order valence-corrected chi connectivity index (χ2v) is 8.01. The minimum absolute atomic E-state index is 0.0189. The molecule has 0 spiro atoms. The van der Waals surface area contributed by atoms with Crippen molar-refractivity contribution in [3.05, 3.63) is 56.9 Å². The summed E-state index contributed by atoms with van der Waals surface area (Å²) in [6.07, 6.45) is 1.75. The lowest BCUT2D eigenvalue weighted by molar-refractivity contribution is -0.365. The van der Waals surface area contributed by atoms with Crippen molar-refractivity contribution in [3.63, 3.8) is 0 Å². The zero-order valence-electron chi connectivity index (χ0n) is 13.3. The highest BCUT2D eigenvalue weighted by Crippen LogP contribution is 2.29. The molecule has 1 aromatic heterocycles. The van der Waals surface area contributed by atoms with Gasteiger partial charge in [0.2, 0.25) is 0 Å². The van der Waals surface area contributed by atoms with E-state index in [0.29, 0.717) is 18.2 Å². The molecule has 6 nitrogen and oxygen atoms in total. The summed E-state index contributed by atoms with van der Waals surface area (Å²) in [5.74, 6) is 0.966. The molecule has 0 radical (unpaired) electrons. The average molecular weight is 402 g/mol. The van der Waals surface area contributed by atoms with Crippen LogP contribution in [0.15, 0.2) is 41.4 Å². The Kier molecular flexibility index (Phi) is 5.81. The lowest BCUT2D eigenvalue weighted by atomic mass is 10.3. The summed E-state index contributed by atoms with van der Waals surface area (Å²) in [5, 5.41) is 0.392. The second-order valence-electron chi connectivity index (χ2n) is 5.52. The normalized spacial score (nSPS) is 15.4. The van der Waals surface area contributed by atoms with E-state index in [0.717, 1.165) is 24.5 Å².